The third kappa shape index (κ3) is 3.84. The van der Waals surface area contributed by atoms with Crippen molar-refractivity contribution in [2.45, 2.75) is 19.4 Å². The summed E-state index contributed by atoms with van der Waals surface area (Å²) in [5, 5.41) is 18.5. The second-order valence-corrected chi connectivity index (χ2v) is 5.64. The minimum Gasteiger partial charge on any atom is -0.389 e. The van der Waals surface area contributed by atoms with E-state index in [0.29, 0.717) is 13.0 Å². The maximum Gasteiger partial charge on any atom is 0.0762 e. The van der Waals surface area contributed by atoms with Gasteiger partial charge >= 0.3 is 0 Å². The zero-order valence-corrected chi connectivity index (χ0v) is 13.4. The van der Waals surface area contributed by atoms with Crippen molar-refractivity contribution in [2.75, 3.05) is 11.4 Å². The van der Waals surface area contributed by atoms with Crippen molar-refractivity contribution >= 4 is 27.3 Å². The third-order valence-corrected chi connectivity index (χ3v) is 3.90. The highest BCUT2D eigenvalue weighted by Gasteiger charge is 2.13. The normalized spacial score (nSPS) is 11.7. The van der Waals surface area contributed by atoms with Gasteiger partial charge in [-0.1, -0.05) is 24.3 Å². The van der Waals surface area contributed by atoms with Gasteiger partial charge in [-0.2, -0.15) is 5.26 Å². The second-order valence-electron chi connectivity index (χ2n) is 4.78. The van der Waals surface area contributed by atoms with Gasteiger partial charge in [0.1, 0.15) is 0 Å². The summed E-state index contributed by atoms with van der Waals surface area (Å²) in [4.78, 5) is 2.10. The molecule has 0 aliphatic rings. The SMILES string of the molecule is C[C@@H](O)c1ccc(N(CCC#N)c2ccccc2)c(Br)c1. The fourth-order valence-corrected chi connectivity index (χ4v) is 2.77. The van der Waals surface area contributed by atoms with Gasteiger partial charge in [-0.3, -0.25) is 0 Å². The van der Waals surface area contributed by atoms with Crippen LogP contribution in [0, 0.1) is 11.3 Å². The molecule has 0 aromatic heterocycles. The Morgan fingerprint density at radius 2 is 1.95 bits per heavy atom. The molecular formula is C17H17BrN2O. The summed E-state index contributed by atoms with van der Waals surface area (Å²) in [6, 6.07) is 18.0. The Kier molecular flexibility index (Phi) is 5.38. The summed E-state index contributed by atoms with van der Waals surface area (Å²) < 4.78 is 0.905. The van der Waals surface area contributed by atoms with Gasteiger partial charge in [-0.15, -0.1) is 0 Å². The fourth-order valence-electron chi connectivity index (χ4n) is 2.16. The van der Waals surface area contributed by atoms with Crippen molar-refractivity contribution in [2.24, 2.45) is 0 Å². The first-order valence-electron chi connectivity index (χ1n) is 6.80. The largest absolute Gasteiger partial charge is 0.389 e. The molecule has 2 rings (SSSR count). The zero-order chi connectivity index (χ0) is 15.2. The van der Waals surface area contributed by atoms with Crippen LogP contribution in [-0.4, -0.2) is 11.7 Å². The Bertz CT molecular complexity index is 635. The monoisotopic (exact) mass is 344 g/mol. The number of benzene rings is 2. The maximum atomic E-state index is 9.66. The van der Waals surface area contributed by atoms with Crippen molar-refractivity contribution in [3.8, 4) is 6.07 Å². The van der Waals surface area contributed by atoms with Gasteiger partial charge in [0.25, 0.3) is 0 Å². The van der Waals surface area contributed by atoms with E-state index in [0.717, 1.165) is 21.4 Å². The van der Waals surface area contributed by atoms with E-state index in [1.165, 1.54) is 0 Å². The molecule has 0 fully saturated rings. The van der Waals surface area contributed by atoms with Gasteiger partial charge in [0.05, 0.1) is 24.3 Å². The topological polar surface area (TPSA) is 47.3 Å². The molecule has 0 spiro atoms. The van der Waals surface area contributed by atoms with E-state index in [2.05, 4.69) is 26.9 Å². The number of rotatable bonds is 5. The highest BCUT2D eigenvalue weighted by molar-refractivity contribution is 9.10. The van der Waals surface area contributed by atoms with Crippen molar-refractivity contribution in [3.63, 3.8) is 0 Å². The smallest absolute Gasteiger partial charge is 0.0762 e. The van der Waals surface area contributed by atoms with E-state index in [9.17, 15) is 5.11 Å². The van der Waals surface area contributed by atoms with Crippen LogP contribution in [0.2, 0.25) is 0 Å². The number of halogens is 1. The number of aliphatic hydroxyl groups is 1. The summed E-state index contributed by atoms with van der Waals surface area (Å²) in [5.41, 5.74) is 2.89. The number of anilines is 2. The molecule has 3 nitrogen and oxygen atoms in total. The molecule has 4 heteroatoms. The maximum absolute atomic E-state index is 9.66. The van der Waals surface area contributed by atoms with E-state index < -0.39 is 6.10 Å². The second kappa shape index (κ2) is 7.26. The molecule has 0 unspecified atom stereocenters. The average Bonchev–Trinajstić information content (AvgIpc) is 2.50. The number of nitrogens with zero attached hydrogens (tertiary/aromatic N) is 2. The fraction of sp³-hybridized carbons (Fsp3) is 0.235. The molecule has 1 atom stereocenters. The van der Waals surface area contributed by atoms with Crippen LogP contribution in [0.1, 0.15) is 25.0 Å². The Morgan fingerprint density at radius 1 is 1.24 bits per heavy atom. The Morgan fingerprint density at radius 3 is 2.52 bits per heavy atom. The zero-order valence-electron chi connectivity index (χ0n) is 11.8. The van der Waals surface area contributed by atoms with Gasteiger partial charge in [0.2, 0.25) is 0 Å². The minimum atomic E-state index is -0.500. The number of aliphatic hydroxyl groups excluding tert-OH is 1. The molecule has 2 aromatic carbocycles. The predicted molar refractivity (Wildman–Crippen MR) is 88.5 cm³/mol. The van der Waals surface area contributed by atoms with Crippen LogP contribution in [0.25, 0.3) is 0 Å². The van der Waals surface area contributed by atoms with Crippen LogP contribution in [0.5, 0.6) is 0 Å². The molecule has 0 bridgehead atoms. The lowest BCUT2D eigenvalue weighted by molar-refractivity contribution is 0.199. The van der Waals surface area contributed by atoms with Crippen LogP contribution in [0.15, 0.2) is 53.0 Å². The average molecular weight is 345 g/mol. The number of hydrogen-bond donors (Lipinski definition) is 1. The van der Waals surface area contributed by atoms with Gasteiger partial charge in [-0.25, -0.2) is 0 Å². The first kappa shape index (κ1) is 15.6. The first-order chi connectivity index (χ1) is 10.1. The molecule has 21 heavy (non-hydrogen) atoms. The van der Waals surface area contributed by atoms with E-state index >= 15 is 0 Å². The van der Waals surface area contributed by atoms with Gasteiger partial charge in [0.15, 0.2) is 0 Å². The van der Waals surface area contributed by atoms with Gasteiger partial charge < -0.3 is 10.0 Å². The standard InChI is InChI=1S/C17H17BrN2O/c1-13(21)14-8-9-17(16(18)12-14)20(11-5-10-19)15-6-3-2-4-7-15/h2-4,6-9,12-13,21H,5,11H2,1H3/t13-/m1/s1. The molecule has 0 saturated heterocycles. The molecule has 108 valence electrons. The molecule has 0 saturated carbocycles. The lowest BCUT2D eigenvalue weighted by atomic mass is 10.1. The first-order valence-corrected chi connectivity index (χ1v) is 7.60. The third-order valence-electron chi connectivity index (χ3n) is 3.26. The Labute approximate surface area is 133 Å². The van der Waals surface area contributed by atoms with E-state index in [1.54, 1.807) is 6.92 Å². The summed E-state index contributed by atoms with van der Waals surface area (Å²) in [7, 11) is 0. The minimum absolute atomic E-state index is 0.444. The van der Waals surface area contributed by atoms with Crippen LogP contribution in [-0.2, 0) is 0 Å². The lowest BCUT2D eigenvalue weighted by Gasteiger charge is -2.25. The number of para-hydroxylation sites is 1. The molecule has 0 radical (unpaired) electrons. The molecule has 0 aliphatic heterocycles. The van der Waals surface area contributed by atoms with Gasteiger partial charge in [-0.05, 0) is 52.7 Å². The summed E-state index contributed by atoms with van der Waals surface area (Å²) >= 11 is 3.57. The molecule has 2 aromatic rings. The summed E-state index contributed by atoms with van der Waals surface area (Å²) in [6.07, 6.45) is -0.0564. The highest BCUT2D eigenvalue weighted by atomic mass is 79.9. The molecule has 0 amide bonds. The molecule has 0 aliphatic carbocycles. The molecule has 1 N–H and O–H groups in total. The van der Waals surface area contributed by atoms with E-state index in [-0.39, 0.29) is 0 Å². The van der Waals surface area contributed by atoms with Crippen molar-refractivity contribution in [1.29, 1.82) is 5.26 Å². The molecule has 0 heterocycles. The van der Waals surface area contributed by atoms with E-state index in [4.69, 9.17) is 5.26 Å². The van der Waals surface area contributed by atoms with Crippen LogP contribution in [0.4, 0.5) is 11.4 Å². The van der Waals surface area contributed by atoms with E-state index in [1.807, 2.05) is 48.5 Å². The summed E-state index contributed by atoms with van der Waals surface area (Å²) in [5.74, 6) is 0. The molecular weight excluding hydrogens is 328 g/mol. The van der Waals surface area contributed by atoms with Crippen molar-refractivity contribution in [1.82, 2.24) is 0 Å². The predicted octanol–water partition coefficient (Wildman–Crippen LogP) is 4.55. The van der Waals surface area contributed by atoms with Gasteiger partial charge in [0, 0.05) is 16.7 Å². The van der Waals surface area contributed by atoms with Crippen LogP contribution >= 0.6 is 15.9 Å². The quantitative estimate of drug-likeness (QED) is 0.865. The number of hydrogen-bond acceptors (Lipinski definition) is 3. The lowest BCUT2D eigenvalue weighted by Crippen LogP contribution is -2.18. The van der Waals surface area contributed by atoms with Crippen molar-refractivity contribution < 1.29 is 5.11 Å². The Hall–Kier alpha value is -1.83. The summed E-state index contributed by atoms with van der Waals surface area (Å²) in [6.45, 7) is 2.36. The van der Waals surface area contributed by atoms with Crippen LogP contribution in [0.3, 0.4) is 0 Å². The Balaban J connectivity index is 2.40. The van der Waals surface area contributed by atoms with Crippen molar-refractivity contribution in [3.05, 3.63) is 58.6 Å². The van der Waals surface area contributed by atoms with Crippen LogP contribution < -0.4 is 4.90 Å². The number of nitriles is 1. The highest BCUT2D eigenvalue weighted by Crippen LogP contribution is 2.34.